The highest BCUT2D eigenvalue weighted by Crippen LogP contribution is 2.48. The Labute approximate surface area is 104 Å². The number of hydrogen-bond acceptors (Lipinski definition) is 3. The van der Waals surface area contributed by atoms with Crippen LogP contribution in [0.4, 0.5) is 14.5 Å². The largest absolute Gasteiger partial charge is 0.377 e. The first-order chi connectivity index (χ1) is 8.50. The van der Waals surface area contributed by atoms with Crippen LogP contribution < -0.4 is 4.90 Å². The van der Waals surface area contributed by atoms with Crippen molar-refractivity contribution in [2.75, 3.05) is 19.0 Å². The normalized spacial score (nSPS) is 16.7. The second kappa shape index (κ2) is 4.50. The van der Waals surface area contributed by atoms with Crippen molar-refractivity contribution in [2.24, 2.45) is 4.99 Å². The van der Waals surface area contributed by atoms with Gasteiger partial charge in [0, 0.05) is 31.4 Å². The van der Waals surface area contributed by atoms with Gasteiger partial charge in [0.1, 0.15) is 5.54 Å². The molecule has 0 aliphatic heterocycles. The molecule has 1 saturated carbocycles. The molecule has 18 heavy (non-hydrogen) atoms. The van der Waals surface area contributed by atoms with Gasteiger partial charge in [-0.2, -0.15) is 4.99 Å². The molecule has 3 nitrogen and oxygen atoms in total. The number of halogens is 2. The first kappa shape index (κ1) is 12.7. The van der Waals surface area contributed by atoms with E-state index in [0.717, 1.165) is 18.6 Å². The van der Waals surface area contributed by atoms with E-state index in [0.29, 0.717) is 24.1 Å². The summed E-state index contributed by atoms with van der Waals surface area (Å²) in [6.45, 7) is 0. The number of hydrogen-bond donors (Lipinski definition) is 0. The van der Waals surface area contributed by atoms with E-state index < -0.39 is 17.2 Å². The van der Waals surface area contributed by atoms with Crippen molar-refractivity contribution in [3.8, 4) is 0 Å². The van der Waals surface area contributed by atoms with E-state index in [4.69, 9.17) is 0 Å². The first-order valence-electron chi connectivity index (χ1n) is 5.76. The van der Waals surface area contributed by atoms with Crippen molar-refractivity contribution in [1.29, 1.82) is 0 Å². The highest BCUT2D eigenvalue weighted by molar-refractivity contribution is 5.58. The molecule has 0 heterocycles. The van der Waals surface area contributed by atoms with Gasteiger partial charge in [-0.1, -0.05) is 0 Å². The Balaban J connectivity index is 2.61. The van der Waals surface area contributed by atoms with Crippen LogP contribution in [0.5, 0.6) is 0 Å². The van der Waals surface area contributed by atoms with Gasteiger partial charge in [-0.3, -0.25) is 0 Å². The highest BCUT2D eigenvalue weighted by atomic mass is 19.2. The van der Waals surface area contributed by atoms with Crippen LogP contribution in [0.1, 0.15) is 24.8 Å². The lowest BCUT2D eigenvalue weighted by Crippen LogP contribution is -2.34. The molecular weight excluding hydrogens is 238 g/mol. The van der Waals surface area contributed by atoms with Gasteiger partial charge in [-0.15, -0.1) is 0 Å². The van der Waals surface area contributed by atoms with E-state index in [9.17, 15) is 13.6 Å². The van der Waals surface area contributed by atoms with Crippen LogP contribution in [-0.2, 0) is 10.3 Å². The van der Waals surface area contributed by atoms with Gasteiger partial charge in [-0.25, -0.2) is 13.6 Å². The maximum absolute atomic E-state index is 13.4. The summed E-state index contributed by atoms with van der Waals surface area (Å²) in [5.41, 5.74) is 0.379. The van der Waals surface area contributed by atoms with E-state index in [1.165, 1.54) is 0 Å². The summed E-state index contributed by atoms with van der Waals surface area (Å²) in [6.07, 6.45) is 3.78. The van der Waals surface area contributed by atoms with Gasteiger partial charge in [0.05, 0.1) is 0 Å². The SMILES string of the molecule is CN(C)c1cc(F)c(F)cc1C1(N=C=O)CCC1. The molecular formula is C13H14F2N2O. The number of rotatable bonds is 3. The molecule has 0 radical (unpaired) electrons. The molecule has 0 N–H and O–H groups in total. The molecule has 96 valence electrons. The van der Waals surface area contributed by atoms with Crippen molar-refractivity contribution in [3.63, 3.8) is 0 Å². The Morgan fingerprint density at radius 1 is 1.28 bits per heavy atom. The minimum atomic E-state index is -0.914. The summed E-state index contributed by atoms with van der Waals surface area (Å²) in [4.78, 5) is 16.1. The summed E-state index contributed by atoms with van der Waals surface area (Å²) < 4.78 is 26.7. The van der Waals surface area contributed by atoms with Crippen LogP contribution in [0, 0.1) is 11.6 Å². The van der Waals surface area contributed by atoms with E-state index >= 15 is 0 Å². The van der Waals surface area contributed by atoms with Crippen LogP contribution in [0.15, 0.2) is 17.1 Å². The summed E-state index contributed by atoms with van der Waals surface area (Å²) in [7, 11) is 3.49. The molecule has 0 bridgehead atoms. The van der Waals surface area contributed by atoms with Gasteiger partial charge < -0.3 is 4.90 Å². The molecule has 0 unspecified atom stereocenters. The molecule has 0 saturated heterocycles. The third-order valence-electron chi connectivity index (χ3n) is 3.46. The van der Waals surface area contributed by atoms with E-state index in [2.05, 4.69) is 4.99 Å². The maximum atomic E-state index is 13.4. The van der Waals surface area contributed by atoms with Crippen LogP contribution >= 0.6 is 0 Å². The minimum absolute atomic E-state index is 0.549. The monoisotopic (exact) mass is 252 g/mol. The summed E-state index contributed by atoms with van der Waals surface area (Å²) >= 11 is 0. The zero-order valence-corrected chi connectivity index (χ0v) is 10.3. The standard InChI is InChI=1S/C13H14F2N2O/c1-17(2)12-7-11(15)10(14)6-9(12)13(16-8-18)4-3-5-13/h6-7H,3-5H2,1-2H3. The number of isocyanates is 1. The number of aliphatic imine (C=N–C) groups is 1. The highest BCUT2D eigenvalue weighted by Gasteiger charge is 2.41. The average molecular weight is 252 g/mol. The van der Waals surface area contributed by atoms with Crippen molar-refractivity contribution < 1.29 is 13.6 Å². The van der Waals surface area contributed by atoms with E-state index in [1.807, 2.05) is 0 Å². The molecule has 0 amide bonds. The lowest BCUT2D eigenvalue weighted by molar-refractivity contribution is 0.255. The zero-order valence-electron chi connectivity index (χ0n) is 10.3. The Bertz CT molecular complexity index is 518. The van der Waals surface area contributed by atoms with E-state index in [-0.39, 0.29) is 0 Å². The summed E-state index contributed by atoms with van der Waals surface area (Å²) in [5, 5.41) is 0. The number of nitrogens with zero attached hydrogens (tertiary/aromatic N) is 2. The smallest absolute Gasteiger partial charge is 0.235 e. The van der Waals surface area contributed by atoms with E-state index in [1.54, 1.807) is 25.1 Å². The fourth-order valence-corrected chi connectivity index (χ4v) is 2.32. The van der Waals surface area contributed by atoms with Gasteiger partial charge in [-0.05, 0) is 25.3 Å². The van der Waals surface area contributed by atoms with Crippen molar-refractivity contribution in [3.05, 3.63) is 29.3 Å². The molecule has 1 fully saturated rings. The van der Waals surface area contributed by atoms with Crippen LogP contribution in [0.3, 0.4) is 0 Å². The molecule has 5 heteroatoms. The first-order valence-corrected chi connectivity index (χ1v) is 5.76. The summed E-state index contributed by atoms with van der Waals surface area (Å²) in [5.74, 6) is -1.81. The van der Waals surface area contributed by atoms with Gasteiger partial charge >= 0.3 is 0 Å². The Hall–Kier alpha value is -1.74. The quantitative estimate of drug-likeness (QED) is 0.612. The lowest BCUT2D eigenvalue weighted by atomic mass is 9.71. The maximum Gasteiger partial charge on any atom is 0.235 e. The number of benzene rings is 1. The second-order valence-electron chi connectivity index (χ2n) is 4.77. The van der Waals surface area contributed by atoms with Crippen LogP contribution in [-0.4, -0.2) is 20.2 Å². The van der Waals surface area contributed by atoms with Crippen LogP contribution in [0.25, 0.3) is 0 Å². The lowest BCUT2D eigenvalue weighted by Gasteiger charge is -2.39. The third kappa shape index (κ3) is 1.91. The van der Waals surface area contributed by atoms with Crippen molar-refractivity contribution >= 4 is 11.8 Å². The predicted molar refractivity (Wildman–Crippen MR) is 64.3 cm³/mol. The second-order valence-corrected chi connectivity index (χ2v) is 4.77. The predicted octanol–water partition coefficient (Wildman–Crippen LogP) is 2.75. The summed E-state index contributed by atoms with van der Waals surface area (Å²) in [6, 6.07) is 2.29. The third-order valence-corrected chi connectivity index (χ3v) is 3.46. The topological polar surface area (TPSA) is 32.7 Å². The molecule has 1 aliphatic rings. The fraction of sp³-hybridized carbons (Fsp3) is 0.462. The molecule has 1 aliphatic carbocycles. The fourth-order valence-electron chi connectivity index (χ4n) is 2.32. The number of anilines is 1. The Morgan fingerprint density at radius 3 is 2.33 bits per heavy atom. The average Bonchev–Trinajstić information content (AvgIpc) is 2.26. The van der Waals surface area contributed by atoms with Gasteiger partial charge in [0.15, 0.2) is 11.6 Å². The van der Waals surface area contributed by atoms with Crippen molar-refractivity contribution in [1.82, 2.24) is 0 Å². The Morgan fingerprint density at radius 2 is 1.89 bits per heavy atom. The molecule has 0 spiro atoms. The van der Waals surface area contributed by atoms with Gasteiger partial charge in [0.2, 0.25) is 6.08 Å². The number of carbonyl (C=O) groups excluding carboxylic acids is 1. The van der Waals surface area contributed by atoms with Gasteiger partial charge in [0.25, 0.3) is 0 Å². The molecule has 1 aromatic carbocycles. The van der Waals surface area contributed by atoms with Crippen LogP contribution in [0.2, 0.25) is 0 Å². The minimum Gasteiger partial charge on any atom is -0.377 e. The van der Waals surface area contributed by atoms with Crippen molar-refractivity contribution in [2.45, 2.75) is 24.8 Å². The molecule has 0 atom stereocenters. The molecule has 2 rings (SSSR count). The zero-order chi connectivity index (χ0) is 13.3. The molecule has 1 aromatic rings. The molecule has 0 aromatic heterocycles. The Kier molecular flexibility index (Phi) is 3.18.